The lowest BCUT2D eigenvalue weighted by atomic mass is 9.84. The molecule has 1 atom stereocenters. The van der Waals surface area contributed by atoms with Crippen molar-refractivity contribution in [2.24, 2.45) is 0 Å². The van der Waals surface area contributed by atoms with Crippen molar-refractivity contribution >= 4 is 17.2 Å². The Morgan fingerprint density at radius 3 is 1.88 bits per heavy atom. The van der Waals surface area contributed by atoms with E-state index in [0.29, 0.717) is 11.3 Å². The number of hydrogen-bond donors (Lipinski definition) is 2. The molecular formula is C29H44N2O. The first kappa shape index (κ1) is 26.0. The summed E-state index contributed by atoms with van der Waals surface area (Å²) in [4.78, 5) is 13.4. The topological polar surface area (TPSA) is 69.1 Å². The molecule has 0 spiro atoms. The molecule has 2 rings (SSSR count). The van der Waals surface area contributed by atoms with Gasteiger partial charge in [0.25, 0.3) is 0 Å². The van der Waals surface area contributed by atoms with Crippen LogP contribution in [-0.4, -0.2) is 5.78 Å². The predicted octanol–water partition coefficient (Wildman–Crippen LogP) is 8.22. The Balaban J connectivity index is 1.81. The van der Waals surface area contributed by atoms with E-state index in [1.807, 2.05) is 43.3 Å². The van der Waals surface area contributed by atoms with Gasteiger partial charge in [-0.25, -0.2) is 0 Å². The fraction of sp³-hybridized carbons (Fsp3) is 0.552. The number of ketones is 1. The number of nitrogens with two attached hydrogens (primary N) is 2. The zero-order chi connectivity index (χ0) is 23.2. The standard InChI is InChI=1S/C29H44N2O/c1-3-4-5-6-7-8-9-10-11-12-13-14-18-28(27-20-19-26(31)21-23(27)2)29(32)24-16-15-17-25(30)22-24/h15-17,19-22,28H,3-14,18,30-31H2,1-2H3. The quantitative estimate of drug-likeness (QED) is 0.158. The predicted molar refractivity (Wildman–Crippen MR) is 139 cm³/mol. The van der Waals surface area contributed by atoms with Gasteiger partial charge in [-0.1, -0.05) is 102 Å². The van der Waals surface area contributed by atoms with Crippen LogP contribution in [0.4, 0.5) is 11.4 Å². The molecule has 0 aliphatic carbocycles. The molecule has 0 aliphatic rings. The highest BCUT2D eigenvalue weighted by Crippen LogP contribution is 2.31. The van der Waals surface area contributed by atoms with Crippen molar-refractivity contribution in [2.45, 2.75) is 103 Å². The SMILES string of the molecule is CCCCCCCCCCCCCCC(C(=O)c1cccc(N)c1)c1ccc(N)cc1C. The first-order chi connectivity index (χ1) is 15.5. The van der Waals surface area contributed by atoms with Crippen molar-refractivity contribution in [3.63, 3.8) is 0 Å². The molecule has 0 radical (unpaired) electrons. The first-order valence-electron chi connectivity index (χ1n) is 12.8. The Labute approximate surface area is 196 Å². The third kappa shape index (κ3) is 9.06. The summed E-state index contributed by atoms with van der Waals surface area (Å²) in [6, 6.07) is 13.3. The van der Waals surface area contributed by atoms with Gasteiger partial charge < -0.3 is 11.5 Å². The molecule has 2 aromatic carbocycles. The van der Waals surface area contributed by atoms with Crippen molar-refractivity contribution in [1.29, 1.82) is 0 Å². The number of anilines is 2. The largest absolute Gasteiger partial charge is 0.399 e. The number of hydrogen-bond acceptors (Lipinski definition) is 3. The zero-order valence-corrected chi connectivity index (χ0v) is 20.4. The van der Waals surface area contributed by atoms with Crippen LogP contribution in [0.2, 0.25) is 0 Å². The molecule has 3 heteroatoms. The minimum Gasteiger partial charge on any atom is -0.399 e. The average Bonchev–Trinajstić information content (AvgIpc) is 2.77. The molecular weight excluding hydrogens is 392 g/mol. The molecule has 0 aliphatic heterocycles. The molecule has 3 nitrogen and oxygen atoms in total. The molecule has 0 heterocycles. The highest BCUT2D eigenvalue weighted by Gasteiger charge is 2.23. The second-order valence-electron chi connectivity index (χ2n) is 9.34. The van der Waals surface area contributed by atoms with Gasteiger partial charge in [0.1, 0.15) is 0 Å². The molecule has 32 heavy (non-hydrogen) atoms. The summed E-state index contributed by atoms with van der Waals surface area (Å²) < 4.78 is 0. The van der Waals surface area contributed by atoms with Crippen LogP contribution in [0.15, 0.2) is 42.5 Å². The maximum atomic E-state index is 13.4. The third-order valence-corrected chi connectivity index (χ3v) is 6.50. The van der Waals surface area contributed by atoms with Crippen LogP contribution < -0.4 is 11.5 Å². The molecule has 4 N–H and O–H groups in total. The van der Waals surface area contributed by atoms with E-state index in [1.165, 1.54) is 70.6 Å². The van der Waals surface area contributed by atoms with E-state index >= 15 is 0 Å². The van der Waals surface area contributed by atoms with Crippen LogP contribution in [0.3, 0.4) is 0 Å². The molecule has 0 saturated heterocycles. The zero-order valence-electron chi connectivity index (χ0n) is 20.4. The lowest BCUT2D eigenvalue weighted by molar-refractivity contribution is 0.0953. The summed E-state index contributed by atoms with van der Waals surface area (Å²) in [7, 11) is 0. The van der Waals surface area contributed by atoms with Crippen molar-refractivity contribution in [3.8, 4) is 0 Å². The third-order valence-electron chi connectivity index (χ3n) is 6.50. The smallest absolute Gasteiger partial charge is 0.170 e. The summed E-state index contributed by atoms with van der Waals surface area (Å²) in [6.07, 6.45) is 16.7. The van der Waals surface area contributed by atoms with Crippen LogP contribution in [-0.2, 0) is 0 Å². The van der Waals surface area contributed by atoms with E-state index in [0.717, 1.165) is 29.7 Å². The van der Waals surface area contributed by atoms with E-state index in [1.54, 1.807) is 6.07 Å². The lowest BCUT2D eigenvalue weighted by Crippen LogP contribution is -2.15. The number of carbonyl (C=O) groups excluding carboxylic acids is 1. The summed E-state index contributed by atoms with van der Waals surface area (Å²) in [5.74, 6) is 0.0220. The number of benzene rings is 2. The maximum Gasteiger partial charge on any atom is 0.170 e. The first-order valence-corrected chi connectivity index (χ1v) is 12.8. The molecule has 1 unspecified atom stereocenters. The number of unbranched alkanes of at least 4 members (excludes halogenated alkanes) is 11. The molecule has 176 valence electrons. The van der Waals surface area contributed by atoms with Crippen molar-refractivity contribution in [3.05, 3.63) is 59.2 Å². The highest BCUT2D eigenvalue weighted by molar-refractivity contribution is 6.01. The molecule has 0 aromatic heterocycles. The van der Waals surface area contributed by atoms with Crippen LogP contribution >= 0.6 is 0 Å². The van der Waals surface area contributed by atoms with E-state index < -0.39 is 0 Å². The van der Waals surface area contributed by atoms with Gasteiger partial charge in [0.2, 0.25) is 0 Å². The van der Waals surface area contributed by atoms with Gasteiger partial charge in [-0.15, -0.1) is 0 Å². The van der Waals surface area contributed by atoms with E-state index in [4.69, 9.17) is 11.5 Å². The summed E-state index contributed by atoms with van der Waals surface area (Å²) >= 11 is 0. The number of carbonyl (C=O) groups is 1. The number of rotatable bonds is 16. The molecule has 0 fully saturated rings. The van der Waals surface area contributed by atoms with Gasteiger partial charge in [0.15, 0.2) is 5.78 Å². The van der Waals surface area contributed by atoms with Gasteiger partial charge in [0.05, 0.1) is 0 Å². The fourth-order valence-electron chi connectivity index (χ4n) is 4.60. The number of nitrogen functional groups attached to an aromatic ring is 2. The highest BCUT2D eigenvalue weighted by atomic mass is 16.1. The van der Waals surface area contributed by atoms with Crippen molar-refractivity contribution < 1.29 is 4.79 Å². The Hall–Kier alpha value is -2.29. The molecule has 0 amide bonds. The van der Waals surface area contributed by atoms with Gasteiger partial charge in [-0.05, 0) is 48.7 Å². The minimum absolute atomic E-state index is 0.138. The van der Waals surface area contributed by atoms with E-state index in [2.05, 4.69) is 6.92 Å². The van der Waals surface area contributed by atoms with Gasteiger partial charge in [-0.3, -0.25) is 4.79 Å². The summed E-state index contributed by atoms with van der Waals surface area (Å²) in [5, 5.41) is 0. The van der Waals surface area contributed by atoms with Crippen molar-refractivity contribution in [1.82, 2.24) is 0 Å². The van der Waals surface area contributed by atoms with Crippen molar-refractivity contribution in [2.75, 3.05) is 11.5 Å². The summed E-state index contributed by atoms with van der Waals surface area (Å²) in [6.45, 7) is 4.32. The van der Waals surface area contributed by atoms with Gasteiger partial charge >= 0.3 is 0 Å². The van der Waals surface area contributed by atoms with Crippen LogP contribution in [0.5, 0.6) is 0 Å². The molecule has 0 saturated carbocycles. The van der Waals surface area contributed by atoms with Crippen LogP contribution in [0.25, 0.3) is 0 Å². The Kier molecular flexibility index (Phi) is 11.9. The second kappa shape index (κ2) is 14.7. The Morgan fingerprint density at radius 1 is 0.750 bits per heavy atom. The van der Waals surface area contributed by atoms with E-state index in [9.17, 15) is 4.79 Å². The minimum atomic E-state index is -0.138. The van der Waals surface area contributed by atoms with Crippen LogP contribution in [0.1, 0.15) is 118 Å². The van der Waals surface area contributed by atoms with E-state index in [-0.39, 0.29) is 11.7 Å². The average molecular weight is 437 g/mol. The normalized spacial score (nSPS) is 12.1. The Bertz CT molecular complexity index is 815. The van der Waals surface area contributed by atoms with Crippen LogP contribution in [0, 0.1) is 6.92 Å². The maximum absolute atomic E-state index is 13.4. The monoisotopic (exact) mass is 436 g/mol. The fourth-order valence-corrected chi connectivity index (χ4v) is 4.60. The Morgan fingerprint density at radius 2 is 1.31 bits per heavy atom. The lowest BCUT2D eigenvalue weighted by Gasteiger charge is -2.19. The second-order valence-corrected chi connectivity index (χ2v) is 9.34. The van der Waals surface area contributed by atoms with Gasteiger partial charge in [-0.2, -0.15) is 0 Å². The molecule has 2 aromatic rings. The number of Topliss-reactive ketones (excluding diaryl/α,β-unsaturated/α-hetero) is 1. The number of aryl methyl sites for hydroxylation is 1. The summed E-state index contributed by atoms with van der Waals surface area (Å²) in [5.41, 5.74) is 16.1. The van der Waals surface area contributed by atoms with Gasteiger partial charge in [0, 0.05) is 22.9 Å². The molecule has 0 bridgehead atoms.